The second-order valence-electron chi connectivity index (χ2n) is 8.04. The molecule has 1 fully saturated rings. The first kappa shape index (κ1) is 21.1. The summed E-state index contributed by atoms with van der Waals surface area (Å²) in [6.07, 6.45) is 9.28. The predicted octanol–water partition coefficient (Wildman–Crippen LogP) is 4.21. The molecule has 1 aromatic carbocycles. The van der Waals surface area contributed by atoms with Gasteiger partial charge in [-0.05, 0) is 60.4 Å². The number of aromatic nitrogens is 4. The van der Waals surface area contributed by atoms with E-state index in [2.05, 4.69) is 54.8 Å². The Kier molecular flexibility index (Phi) is 6.45. The third-order valence-electron chi connectivity index (χ3n) is 5.80. The highest BCUT2D eigenvalue weighted by molar-refractivity contribution is 7.99. The van der Waals surface area contributed by atoms with Gasteiger partial charge in [-0.3, -0.25) is 0 Å². The summed E-state index contributed by atoms with van der Waals surface area (Å²) in [5.74, 6) is 1.37. The Balaban J connectivity index is 1.39. The maximum atomic E-state index is 5.55. The zero-order valence-corrected chi connectivity index (χ0v) is 19.3. The molecular weight excluding hydrogens is 438 g/mol. The highest BCUT2D eigenvalue weighted by atomic mass is 32.2. The number of rotatable bonds is 5. The number of nitrogens with one attached hydrogen (secondary N) is 2. The van der Waals surface area contributed by atoms with Gasteiger partial charge in [0, 0.05) is 37.6 Å². The summed E-state index contributed by atoms with van der Waals surface area (Å²) in [5, 5.41) is 8.62. The molecule has 9 heteroatoms. The van der Waals surface area contributed by atoms with E-state index in [0.29, 0.717) is 22.3 Å². The topological polar surface area (TPSA) is 78.9 Å². The van der Waals surface area contributed by atoms with E-state index in [1.807, 2.05) is 6.07 Å². The van der Waals surface area contributed by atoms with Crippen molar-refractivity contribution in [2.75, 3.05) is 16.8 Å². The van der Waals surface area contributed by atoms with E-state index in [1.165, 1.54) is 35.7 Å². The summed E-state index contributed by atoms with van der Waals surface area (Å²) >= 11 is 6.97. The molecule has 1 aliphatic carbocycles. The number of fused-ring (bicyclic) bond motifs is 1. The first-order valence-electron chi connectivity index (χ1n) is 11.0. The van der Waals surface area contributed by atoms with E-state index in [4.69, 9.17) is 17.2 Å². The molecule has 0 bridgehead atoms. The molecule has 0 radical (unpaired) electrons. The SMILES string of the molecule is S=C(Nc1nc(Sc2ncccn2)cc(N2CCc3ccccc3C2)n1)NC1CCCC1. The first-order valence-corrected chi connectivity index (χ1v) is 12.2. The van der Waals surface area contributed by atoms with Crippen molar-refractivity contribution in [3.63, 3.8) is 0 Å². The van der Waals surface area contributed by atoms with Gasteiger partial charge < -0.3 is 15.5 Å². The van der Waals surface area contributed by atoms with E-state index in [-0.39, 0.29) is 0 Å². The van der Waals surface area contributed by atoms with Crippen molar-refractivity contribution in [1.82, 2.24) is 25.3 Å². The normalized spacial score (nSPS) is 15.9. The molecule has 3 heterocycles. The van der Waals surface area contributed by atoms with Crippen molar-refractivity contribution in [2.45, 2.75) is 54.9 Å². The van der Waals surface area contributed by atoms with Gasteiger partial charge in [0.15, 0.2) is 10.3 Å². The van der Waals surface area contributed by atoms with Gasteiger partial charge in [-0.1, -0.05) is 37.1 Å². The molecule has 0 saturated heterocycles. The number of thiocarbonyl (C=S) groups is 1. The van der Waals surface area contributed by atoms with Crippen LogP contribution in [-0.4, -0.2) is 37.6 Å². The molecular formula is C23H25N7S2. The minimum Gasteiger partial charge on any atom is -0.360 e. The van der Waals surface area contributed by atoms with Gasteiger partial charge in [0.25, 0.3) is 0 Å². The van der Waals surface area contributed by atoms with Gasteiger partial charge in [0.2, 0.25) is 5.95 Å². The lowest BCUT2D eigenvalue weighted by Crippen LogP contribution is -2.36. The van der Waals surface area contributed by atoms with Gasteiger partial charge in [0.1, 0.15) is 10.8 Å². The lowest BCUT2D eigenvalue weighted by molar-refractivity contribution is 0.634. The van der Waals surface area contributed by atoms with E-state index in [0.717, 1.165) is 43.2 Å². The second kappa shape index (κ2) is 9.79. The summed E-state index contributed by atoms with van der Waals surface area (Å²) in [6.45, 7) is 1.73. The molecule has 7 nitrogen and oxygen atoms in total. The monoisotopic (exact) mass is 463 g/mol. The van der Waals surface area contributed by atoms with Gasteiger partial charge in [-0.2, -0.15) is 4.98 Å². The van der Waals surface area contributed by atoms with Crippen LogP contribution in [0.15, 0.2) is 59.0 Å². The molecule has 2 aliphatic rings. The molecule has 0 amide bonds. The molecule has 2 N–H and O–H groups in total. The van der Waals surface area contributed by atoms with E-state index >= 15 is 0 Å². The van der Waals surface area contributed by atoms with Crippen molar-refractivity contribution in [3.05, 3.63) is 59.9 Å². The predicted molar refractivity (Wildman–Crippen MR) is 131 cm³/mol. The maximum Gasteiger partial charge on any atom is 0.232 e. The van der Waals surface area contributed by atoms with Crippen LogP contribution in [0.3, 0.4) is 0 Å². The standard InChI is InChI=1S/C23H25N7S2/c31-22(26-18-8-3-4-9-18)29-21-27-19(14-20(28-21)32-23-24-11-5-12-25-23)30-13-10-16-6-1-2-7-17(16)15-30/h1-2,5-7,11-12,14,18H,3-4,8-10,13,15H2,(H2,26,27,28,29,31). The van der Waals surface area contributed by atoms with Crippen LogP contribution >= 0.6 is 24.0 Å². The molecule has 0 atom stereocenters. The van der Waals surface area contributed by atoms with Crippen LogP contribution in [-0.2, 0) is 13.0 Å². The van der Waals surface area contributed by atoms with Crippen molar-refractivity contribution >= 4 is 40.9 Å². The van der Waals surface area contributed by atoms with Gasteiger partial charge in [-0.15, -0.1) is 0 Å². The summed E-state index contributed by atoms with van der Waals surface area (Å²) in [7, 11) is 0. The highest BCUT2D eigenvalue weighted by Gasteiger charge is 2.20. The van der Waals surface area contributed by atoms with Crippen molar-refractivity contribution < 1.29 is 0 Å². The van der Waals surface area contributed by atoms with E-state index in [9.17, 15) is 0 Å². The average Bonchev–Trinajstić information content (AvgIpc) is 3.32. The summed E-state index contributed by atoms with van der Waals surface area (Å²) in [6, 6.07) is 12.8. The second-order valence-corrected chi connectivity index (χ2v) is 9.44. The lowest BCUT2D eigenvalue weighted by Gasteiger charge is -2.30. The van der Waals surface area contributed by atoms with Crippen molar-refractivity contribution in [2.24, 2.45) is 0 Å². The molecule has 32 heavy (non-hydrogen) atoms. The minimum absolute atomic E-state index is 0.434. The Hall–Kier alpha value is -2.78. The first-order chi connectivity index (χ1) is 15.7. The fraction of sp³-hybridized carbons (Fsp3) is 0.348. The van der Waals surface area contributed by atoms with Crippen LogP contribution in [0.5, 0.6) is 0 Å². The van der Waals surface area contributed by atoms with Gasteiger partial charge in [0.05, 0.1) is 0 Å². The van der Waals surface area contributed by atoms with Gasteiger partial charge in [-0.25, -0.2) is 15.0 Å². The molecule has 2 aromatic heterocycles. The summed E-state index contributed by atoms with van der Waals surface area (Å²) < 4.78 is 0. The molecule has 3 aromatic rings. The van der Waals surface area contributed by atoms with Crippen molar-refractivity contribution in [3.8, 4) is 0 Å². The highest BCUT2D eigenvalue weighted by Crippen LogP contribution is 2.29. The third kappa shape index (κ3) is 5.16. The molecule has 0 spiro atoms. The Morgan fingerprint density at radius 3 is 2.62 bits per heavy atom. The largest absolute Gasteiger partial charge is 0.360 e. The number of hydrogen-bond acceptors (Lipinski definition) is 7. The summed E-state index contributed by atoms with van der Waals surface area (Å²) in [4.78, 5) is 20.4. The molecule has 164 valence electrons. The van der Waals surface area contributed by atoms with E-state index < -0.39 is 0 Å². The Morgan fingerprint density at radius 1 is 1.03 bits per heavy atom. The molecule has 5 rings (SSSR count). The molecule has 1 aliphatic heterocycles. The van der Waals surface area contributed by atoms with Crippen LogP contribution in [0.25, 0.3) is 0 Å². The fourth-order valence-electron chi connectivity index (χ4n) is 4.20. The number of nitrogens with zero attached hydrogens (tertiary/aromatic N) is 5. The van der Waals surface area contributed by atoms with Crippen LogP contribution in [0.1, 0.15) is 36.8 Å². The lowest BCUT2D eigenvalue weighted by atomic mass is 10.00. The van der Waals surface area contributed by atoms with Gasteiger partial charge >= 0.3 is 0 Å². The third-order valence-corrected chi connectivity index (χ3v) is 6.83. The Morgan fingerprint density at radius 2 is 1.81 bits per heavy atom. The average molecular weight is 464 g/mol. The van der Waals surface area contributed by atoms with E-state index in [1.54, 1.807) is 18.5 Å². The maximum absolute atomic E-state index is 5.55. The van der Waals surface area contributed by atoms with Crippen molar-refractivity contribution in [1.29, 1.82) is 0 Å². The van der Waals surface area contributed by atoms with Crippen LogP contribution in [0.4, 0.5) is 11.8 Å². The van der Waals surface area contributed by atoms with Crippen LogP contribution in [0.2, 0.25) is 0 Å². The zero-order valence-electron chi connectivity index (χ0n) is 17.7. The number of hydrogen-bond donors (Lipinski definition) is 2. The minimum atomic E-state index is 0.434. The van der Waals surface area contributed by atoms with Crippen LogP contribution < -0.4 is 15.5 Å². The zero-order chi connectivity index (χ0) is 21.8. The quantitative estimate of drug-likeness (QED) is 0.329. The Bertz CT molecular complexity index is 1090. The molecule has 1 saturated carbocycles. The molecule has 0 unspecified atom stereocenters. The number of benzene rings is 1. The summed E-state index contributed by atoms with van der Waals surface area (Å²) in [5.41, 5.74) is 2.75. The smallest absolute Gasteiger partial charge is 0.232 e. The van der Waals surface area contributed by atoms with Crippen LogP contribution in [0, 0.1) is 0 Å². The fourth-order valence-corrected chi connectivity index (χ4v) is 5.17. The Labute approximate surface area is 197 Å². The number of anilines is 2.